The number of aryl methyl sites for hydroxylation is 2. The first-order valence-corrected chi connectivity index (χ1v) is 7.08. The highest BCUT2D eigenvalue weighted by Gasteiger charge is 2.09. The molecule has 1 aromatic rings. The van der Waals surface area contributed by atoms with E-state index in [1.165, 1.54) is 6.08 Å². The summed E-state index contributed by atoms with van der Waals surface area (Å²) in [5.74, 6) is -0.0617. The van der Waals surface area contributed by atoms with Crippen molar-refractivity contribution < 1.29 is 9.90 Å². The first-order chi connectivity index (χ1) is 9.47. The van der Waals surface area contributed by atoms with Crippen LogP contribution in [0.5, 0.6) is 0 Å². The summed E-state index contributed by atoms with van der Waals surface area (Å²) < 4.78 is 1.58. The number of hydrogen-bond donors (Lipinski definition) is 1. The summed E-state index contributed by atoms with van der Waals surface area (Å²) in [7, 11) is 3.53. The summed E-state index contributed by atoms with van der Waals surface area (Å²) in [5.41, 5.74) is 1.57. The minimum atomic E-state index is -0.0617. The Morgan fingerprint density at radius 1 is 1.45 bits per heavy atom. The molecule has 0 aliphatic carbocycles. The number of carbonyl (C=O) groups excluding carboxylic acids is 1. The lowest BCUT2D eigenvalue weighted by atomic mass is 10.2. The van der Waals surface area contributed by atoms with Crippen LogP contribution in [-0.2, 0) is 11.8 Å². The van der Waals surface area contributed by atoms with Gasteiger partial charge in [0.25, 0.3) is 0 Å². The van der Waals surface area contributed by atoms with Crippen LogP contribution >= 0.6 is 11.6 Å². The third kappa shape index (κ3) is 4.65. The quantitative estimate of drug-likeness (QED) is 0.619. The molecule has 0 unspecified atom stereocenters. The molecular weight excluding hydrogens is 278 g/mol. The first kappa shape index (κ1) is 16.7. The number of unbranched alkanes of at least 4 members (excludes halogenated alkanes) is 2. The second kappa shape index (κ2) is 8.07. The van der Waals surface area contributed by atoms with Crippen molar-refractivity contribution in [2.24, 2.45) is 7.05 Å². The lowest BCUT2D eigenvalue weighted by molar-refractivity contribution is -0.124. The van der Waals surface area contributed by atoms with Crippen LogP contribution in [-0.4, -0.2) is 45.9 Å². The Bertz CT molecular complexity index is 483. The SMILES string of the molecule is Cc1nn(C)c(Cl)c1/C=C/C(=O)N(C)CCCCCO. The van der Waals surface area contributed by atoms with Gasteiger partial charge < -0.3 is 10.0 Å². The van der Waals surface area contributed by atoms with E-state index in [0.717, 1.165) is 30.5 Å². The van der Waals surface area contributed by atoms with Crippen LogP contribution in [0.25, 0.3) is 6.08 Å². The van der Waals surface area contributed by atoms with Crippen molar-refractivity contribution in [2.75, 3.05) is 20.2 Å². The smallest absolute Gasteiger partial charge is 0.246 e. The van der Waals surface area contributed by atoms with Gasteiger partial charge in [-0.1, -0.05) is 11.6 Å². The summed E-state index contributed by atoms with van der Waals surface area (Å²) in [6, 6.07) is 0. The normalized spacial score (nSPS) is 11.2. The van der Waals surface area contributed by atoms with Gasteiger partial charge in [0.15, 0.2) is 0 Å². The predicted molar refractivity (Wildman–Crippen MR) is 80.6 cm³/mol. The second-order valence-corrected chi connectivity index (χ2v) is 5.15. The summed E-state index contributed by atoms with van der Waals surface area (Å²) in [6.45, 7) is 2.74. The molecule has 0 bridgehead atoms. The molecule has 1 heterocycles. The van der Waals surface area contributed by atoms with Crippen molar-refractivity contribution in [1.82, 2.24) is 14.7 Å². The monoisotopic (exact) mass is 299 g/mol. The highest BCUT2D eigenvalue weighted by molar-refractivity contribution is 6.31. The molecular formula is C14H22ClN3O2. The Labute approximate surface area is 124 Å². The molecule has 0 radical (unpaired) electrons. The van der Waals surface area contributed by atoms with Crippen molar-refractivity contribution in [2.45, 2.75) is 26.2 Å². The van der Waals surface area contributed by atoms with Gasteiger partial charge in [0, 0.05) is 38.9 Å². The number of aliphatic hydroxyl groups is 1. The van der Waals surface area contributed by atoms with E-state index < -0.39 is 0 Å². The van der Waals surface area contributed by atoms with Crippen molar-refractivity contribution in [3.63, 3.8) is 0 Å². The van der Waals surface area contributed by atoms with Crippen LogP contribution in [0.3, 0.4) is 0 Å². The van der Waals surface area contributed by atoms with Crippen LogP contribution in [0.1, 0.15) is 30.5 Å². The van der Waals surface area contributed by atoms with Gasteiger partial charge >= 0.3 is 0 Å². The standard InChI is InChI=1S/C14H22ClN3O2/c1-11-12(14(15)18(3)16-11)7-8-13(20)17(2)9-5-4-6-10-19/h7-8,19H,4-6,9-10H2,1-3H3/b8-7+. The Morgan fingerprint density at radius 3 is 2.70 bits per heavy atom. The van der Waals surface area contributed by atoms with Gasteiger partial charge in [0.2, 0.25) is 5.91 Å². The zero-order chi connectivity index (χ0) is 15.1. The molecule has 1 N–H and O–H groups in total. The number of likely N-dealkylation sites (N-methyl/N-ethyl adjacent to an activating group) is 1. The highest BCUT2D eigenvalue weighted by atomic mass is 35.5. The summed E-state index contributed by atoms with van der Waals surface area (Å²) in [5, 5.41) is 13.4. The lowest BCUT2D eigenvalue weighted by Gasteiger charge is -2.14. The molecule has 112 valence electrons. The van der Waals surface area contributed by atoms with Crippen LogP contribution in [0, 0.1) is 6.92 Å². The molecule has 1 aromatic heterocycles. The van der Waals surface area contributed by atoms with Gasteiger partial charge in [-0.15, -0.1) is 0 Å². The Kier molecular flexibility index (Phi) is 6.75. The van der Waals surface area contributed by atoms with Crippen molar-refractivity contribution >= 4 is 23.6 Å². The molecule has 0 aliphatic heterocycles. The maximum absolute atomic E-state index is 11.9. The maximum atomic E-state index is 11.9. The van der Waals surface area contributed by atoms with E-state index in [1.807, 2.05) is 6.92 Å². The molecule has 0 spiro atoms. The molecule has 0 aromatic carbocycles. The number of aliphatic hydroxyl groups excluding tert-OH is 1. The van der Waals surface area contributed by atoms with Gasteiger partial charge in [0.05, 0.1) is 5.69 Å². The summed E-state index contributed by atoms with van der Waals surface area (Å²) in [4.78, 5) is 13.6. The fourth-order valence-electron chi connectivity index (χ4n) is 1.87. The average Bonchev–Trinajstić information content (AvgIpc) is 2.65. The first-order valence-electron chi connectivity index (χ1n) is 6.70. The van der Waals surface area contributed by atoms with Crippen LogP contribution in [0.15, 0.2) is 6.08 Å². The number of hydrogen-bond acceptors (Lipinski definition) is 3. The lowest BCUT2D eigenvalue weighted by Crippen LogP contribution is -2.25. The largest absolute Gasteiger partial charge is 0.396 e. The van der Waals surface area contributed by atoms with Crippen LogP contribution in [0.4, 0.5) is 0 Å². The number of rotatable bonds is 7. The predicted octanol–water partition coefficient (Wildman–Crippen LogP) is 2.02. The highest BCUT2D eigenvalue weighted by Crippen LogP contribution is 2.20. The maximum Gasteiger partial charge on any atom is 0.246 e. The minimum Gasteiger partial charge on any atom is -0.396 e. The van der Waals surface area contributed by atoms with Crippen LogP contribution in [0.2, 0.25) is 5.15 Å². The van der Waals surface area contributed by atoms with E-state index >= 15 is 0 Å². The van der Waals surface area contributed by atoms with Gasteiger partial charge in [-0.2, -0.15) is 5.10 Å². The Hall–Kier alpha value is -1.33. The van der Waals surface area contributed by atoms with E-state index in [1.54, 1.807) is 29.8 Å². The Morgan fingerprint density at radius 2 is 2.15 bits per heavy atom. The van der Waals surface area contributed by atoms with Crippen LogP contribution < -0.4 is 0 Å². The minimum absolute atomic E-state index is 0.0617. The summed E-state index contributed by atoms with van der Waals surface area (Å²) in [6.07, 6.45) is 5.82. The molecule has 0 fully saturated rings. The van der Waals surface area contributed by atoms with Gasteiger partial charge in [0.1, 0.15) is 5.15 Å². The van der Waals surface area contributed by atoms with E-state index in [4.69, 9.17) is 16.7 Å². The zero-order valence-electron chi connectivity index (χ0n) is 12.3. The third-order valence-electron chi connectivity index (χ3n) is 3.12. The van der Waals surface area contributed by atoms with Gasteiger partial charge in [-0.25, -0.2) is 0 Å². The van der Waals surface area contributed by atoms with E-state index in [9.17, 15) is 4.79 Å². The van der Waals surface area contributed by atoms with E-state index in [-0.39, 0.29) is 12.5 Å². The van der Waals surface area contributed by atoms with E-state index in [2.05, 4.69) is 5.10 Å². The molecule has 0 saturated heterocycles. The molecule has 0 atom stereocenters. The number of nitrogens with zero attached hydrogens (tertiary/aromatic N) is 3. The molecule has 5 nitrogen and oxygen atoms in total. The number of aromatic nitrogens is 2. The van der Waals surface area contributed by atoms with Crippen molar-refractivity contribution in [1.29, 1.82) is 0 Å². The van der Waals surface area contributed by atoms with Gasteiger partial charge in [-0.3, -0.25) is 9.48 Å². The zero-order valence-corrected chi connectivity index (χ0v) is 13.0. The Balaban J connectivity index is 2.54. The molecule has 6 heteroatoms. The van der Waals surface area contributed by atoms with Crippen molar-refractivity contribution in [3.05, 3.63) is 22.5 Å². The fourth-order valence-corrected chi connectivity index (χ4v) is 2.10. The number of amides is 1. The second-order valence-electron chi connectivity index (χ2n) is 4.79. The summed E-state index contributed by atoms with van der Waals surface area (Å²) >= 11 is 6.10. The van der Waals surface area contributed by atoms with Crippen molar-refractivity contribution in [3.8, 4) is 0 Å². The molecule has 1 rings (SSSR count). The number of halogens is 1. The van der Waals surface area contributed by atoms with Gasteiger partial charge in [-0.05, 0) is 32.3 Å². The topological polar surface area (TPSA) is 58.4 Å². The molecule has 1 amide bonds. The third-order valence-corrected chi connectivity index (χ3v) is 3.56. The average molecular weight is 300 g/mol. The molecule has 0 aliphatic rings. The number of carbonyl (C=O) groups is 1. The molecule has 0 saturated carbocycles. The molecule has 20 heavy (non-hydrogen) atoms. The van der Waals surface area contributed by atoms with E-state index in [0.29, 0.717) is 11.7 Å². The fraction of sp³-hybridized carbons (Fsp3) is 0.571.